The van der Waals surface area contributed by atoms with Crippen LogP contribution in [-0.2, 0) is 16.0 Å². The molecule has 0 bridgehead atoms. The molecule has 8 N–H and O–H groups in total. The van der Waals surface area contributed by atoms with Gasteiger partial charge in [-0.15, -0.1) is 0 Å². The largest absolute Gasteiger partial charge is 0.508 e. The Morgan fingerprint density at radius 1 is 1.12 bits per heavy atom. The fraction of sp³-hybridized carbons (Fsp3) is 0.500. The van der Waals surface area contributed by atoms with Gasteiger partial charge >= 0.3 is 11.9 Å². The molecular weight excluding hydrogens is 314 g/mol. The quantitative estimate of drug-likeness (QED) is 0.346. The smallest absolute Gasteiger partial charge is 0.320 e. The fourth-order valence-corrected chi connectivity index (χ4v) is 1.86. The number of phenolic OH excluding ortho intramolecular Hbond substituents is 1. The summed E-state index contributed by atoms with van der Waals surface area (Å²) >= 11 is 0. The van der Waals surface area contributed by atoms with Crippen LogP contribution in [0.2, 0.25) is 0 Å². The second kappa shape index (κ2) is 12.3. The van der Waals surface area contributed by atoms with E-state index in [-0.39, 0.29) is 12.2 Å². The van der Waals surface area contributed by atoms with Crippen molar-refractivity contribution in [2.75, 3.05) is 13.6 Å². The minimum absolute atomic E-state index is 0.160. The van der Waals surface area contributed by atoms with E-state index in [1.807, 2.05) is 0 Å². The van der Waals surface area contributed by atoms with Crippen molar-refractivity contribution in [2.45, 2.75) is 37.8 Å². The first-order valence-corrected chi connectivity index (χ1v) is 7.68. The summed E-state index contributed by atoms with van der Waals surface area (Å²) < 4.78 is 0. The number of nitrogens with one attached hydrogen (secondary N) is 1. The monoisotopic (exact) mass is 341 g/mol. The lowest BCUT2D eigenvalue weighted by Crippen LogP contribution is -2.33. The molecule has 0 radical (unpaired) electrons. The van der Waals surface area contributed by atoms with Gasteiger partial charge in [-0.25, -0.2) is 0 Å². The third kappa shape index (κ3) is 9.78. The van der Waals surface area contributed by atoms with Crippen LogP contribution in [0, 0.1) is 0 Å². The normalized spacial score (nSPS) is 12.6. The Kier molecular flexibility index (Phi) is 11.2. The summed E-state index contributed by atoms with van der Waals surface area (Å²) in [5.74, 6) is -1.65. The molecular formula is C16H27N3O5. The average Bonchev–Trinajstić information content (AvgIpc) is 2.54. The van der Waals surface area contributed by atoms with Gasteiger partial charge in [0, 0.05) is 0 Å². The van der Waals surface area contributed by atoms with Crippen molar-refractivity contribution in [3.05, 3.63) is 29.8 Å². The van der Waals surface area contributed by atoms with Gasteiger partial charge in [-0.2, -0.15) is 0 Å². The number of nitrogens with two attached hydrogens (primary N) is 2. The van der Waals surface area contributed by atoms with E-state index < -0.39 is 24.0 Å². The maximum atomic E-state index is 10.4. The number of benzene rings is 1. The van der Waals surface area contributed by atoms with Gasteiger partial charge in [-0.3, -0.25) is 9.59 Å². The van der Waals surface area contributed by atoms with Crippen molar-refractivity contribution in [1.29, 1.82) is 0 Å². The highest BCUT2D eigenvalue weighted by Crippen LogP contribution is 2.10. The molecule has 0 spiro atoms. The van der Waals surface area contributed by atoms with Crippen LogP contribution in [0.1, 0.15) is 24.8 Å². The SMILES string of the molecule is CNC(CCCCN)C(=O)O.NC(Cc1ccc(O)cc1)C(=O)O. The van der Waals surface area contributed by atoms with Crippen molar-refractivity contribution < 1.29 is 24.9 Å². The van der Waals surface area contributed by atoms with Gasteiger partial charge in [0.05, 0.1) is 0 Å². The zero-order valence-corrected chi connectivity index (χ0v) is 13.8. The highest BCUT2D eigenvalue weighted by Gasteiger charge is 2.13. The number of rotatable bonds is 9. The second-order valence-corrected chi connectivity index (χ2v) is 5.28. The molecule has 136 valence electrons. The lowest BCUT2D eigenvalue weighted by Gasteiger charge is -2.09. The third-order valence-electron chi connectivity index (χ3n) is 3.30. The fourth-order valence-electron chi connectivity index (χ4n) is 1.86. The van der Waals surface area contributed by atoms with Gasteiger partial charge in [-0.05, 0) is 50.6 Å². The number of carboxylic acids is 2. The molecule has 0 aliphatic heterocycles. The van der Waals surface area contributed by atoms with Crippen molar-refractivity contribution in [3.63, 3.8) is 0 Å². The standard InChI is InChI=1S/C9H11NO3.C7H16N2O2/c10-8(9(12)13)5-6-1-3-7(11)4-2-6;1-9-6(7(10)11)4-2-3-5-8/h1-4,8,11H,5,10H2,(H,12,13);6,9H,2-5,8H2,1H3,(H,10,11). The summed E-state index contributed by atoms with van der Waals surface area (Å²) in [6.07, 6.45) is 2.69. The molecule has 24 heavy (non-hydrogen) atoms. The Balaban J connectivity index is 0.000000449. The number of aliphatic carboxylic acids is 2. The molecule has 0 saturated heterocycles. The first-order valence-electron chi connectivity index (χ1n) is 7.68. The van der Waals surface area contributed by atoms with E-state index >= 15 is 0 Å². The molecule has 0 saturated carbocycles. The van der Waals surface area contributed by atoms with Crippen molar-refractivity contribution in [2.24, 2.45) is 11.5 Å². The Bertz CT molecular complexity index is 493. The zero-order valence-electron chi connectivity index (χ0n) is 13.8. The number of carbonyl (C=O) groups is 2. The predicted molar refractivity (Wildman–Crippen MR) is 90.8 cm³/mol. The Hall–Kier alpha value is -2.16. The minimum atomic E-state index is -1.02. The predicted octanol–water partition coefficient (Wildman–Crippen LogP) is 0.135. The number of likely N-dealkylation sites (N-methyl/N-ethyl adjacent to an activating group) is 1. The van der Waals surface area contributed by atoms with Gasteiger partial charge in [0.1, 0.15) is 17.8 Å². The number of unbranched alkanes of at least 4 members (excludes halogenated alkanes) is 1. The molecule has 2 unspecified atom stereocenters. The van der Waals surface area contributed by atoms with E-state index in [1.165, 1.54) is 12.1 Å². The Labute approximate surface area is 141 Å². The van der Waals surface area contributed by atoms with E-state index in [1.54, 1.807) is 19.2 Å². The molecule has 1 aromatic rings. The number of hydrogen-bond acceptors (Lipinski definition) is 6. The van der Waals surface area contributed by atoms with Crippen LogP contribution >= 0.6 is 0 Å². The van der Waals surface area contributed by atoms with Gasteiger partial charge in [-0.1, -0.05) is 18.6 Å². The molecule has 1 rings (SSSR count). The Morgan fingerprint density at radius 3 is 2.12 bits per heavy atom. The van der Waals surface area contributed by atoms with E-state index in [0.29, 0.717) is 13.0 Å². The first-order chi connectivity index (χ1) is 11.3. The molecule has 8 heteroatoms. The number of hydrogen-bond donors (Lipinski definition) is 6. The lowest BCUT2D eigenvalue weighted by molar-refractivity contribution is -0.140. The molecule has 2 atom stereocenters. The van der Waals surface area contributed by atoms with Crippen LogP contribution in [0.5, 0.6) is 5.75 Å². The molecule has 0 aliphatic carbocycles. The van der Waals surface area contributed by atoms with Crippen molar-refractivity contribution in [1.82, 2.24) is 5.32 Å². The van der Waals surface area contributed by atoms with E-state index in [9.17, 15) is 9.59 Å². The van der Waals surface area contributed by atoms with Crippen LogP contribution in [0.4, 0.5) is 0 Å². The van der Waals surface area contributed by atoms with E-state index in [2.05, 4.69) is 5.32 Å². The summed E-state index contributed by atoms with van der Waals surface area (Å²) in [5.41, 5.74) is 11.4. The highest BCUT2D eigenvalue weighted by molar-refractivity contribution is 5.73. The topological polar surface area (TPSA) is 159 Å². The molecule has 0 heterocycles. The number of phenols is 1. The number of carboxylic acid groups (broad SMARTS) is 2. The molecule has 0 aliphatic rings. The van der Waals surface area contributed by atoms with E-state index in [0.717, 1.165) is 18.4 Å². The maximum Gasteiger partial charge on any atom is 0.320 e. The average molecular weight is 341 g/mol. The van der Waals surface area contributed by atoms with Crippen molar-refractivity contribution in [3.8, 4) is 5.75 Å². The summed E-state index contributed by atoms with van der Waals surface area (Å²) in [7, 11) is 1.65. The molecule has 0 fully saturated rings. The summed E-state index contributed by atoms with van der Waals surface area (Å²) in [5, 5.41) is 28.8. The summed E-state index contributed by atoms with van der Waals surface area (Å²) in [6.45, 7) is 0.635. The second-order valence-electron chi connectivity index (χ2n) is 5.28. The van der Waals surface area contributed by atoms with Crippen molar-refractivity contribution >= 4 is 11.9 Å². The lowest BCUT2D eigenvalue weighted by atomic mass is 10.1. The molecule has 0 aromatic heterocycles. The van der Waals surface area contributed by atoms with Crippen LogP contribution in [0.15, 0.2) is 24.3 Å². The number of aromatic hydroxyl groups is 1. The highest BCUT2D eigenvalue weighted by atomic mass is 16.4. The molecule has 8 nitrogen and oxygen atoms in total. The van der Waals surface area contributed by atoms with Crippen LogP contribution < -0.4 is 16.8 Å². The minimum Gasteiger partial charge on any atom is -0.508 e. The van der Waals surface area contributed by atoms with Gasteiger partial charge in [0.15, 0.2) is 0 Å². The van der Waals surface area contributed by atoms with Crippen LogP contribution in [-0.4, -0.2) is 52.9 Å². The molecule has 0 amide bonds. The maximum absolute atomic E-state index is 10.4. The van der Waals surface area contributed by atoms with Crippen LogP contribution in [0.25, 0.3) is 0 Å². The summed E-state index contributed by atoms with van der Waals surface area (Å²) in [4.78, 5) is 20.8. The molecule has 1 aromatic carbocycles. The van der Waals surface area contributed by atoms with Gasteiger partial charge in [0.2, 0.25) is 0 Å². The first kappa shape index (κ1) is 21.8. The third-order valence-corrected chi connectivity index (χ3v) is 3.30. The Morgan fingerprint density at radius 2 is 1.71 bits per heavy atom. The zero-order chi connectivity index (χ0) is 18.5. The van der Waals surface area contributed by atoms with E-state index in [4.69, 9.17) is 26.8 Å². The van der Waals surface area contributed by atoms with Gasteiger partial charge < -0.3 is 32.1 Å². The van der Waals surface area contributed by atoms with Gasteiger partial charge in [0.25, 0.3) is 0 Å². The summed E-state index contributed by atoms with van der Waals surface area (Å²) in [6, 6.07) is 5.01. The van der Waals surface area contributed by atoms with Crippen LogP contribution in [0.3, 0.4) is 0 Å².